The number of rotatable bonds is 5. The Morgan fingerprint density at radius 2 is 2.00 bits per heavy atom. The minimum Gasteiger partial charge on any atom is -0.478 e. The summed E-state index contributed by atoms with van der Waals surface area (Å²) in [6.07, 6.45) is 0. The van der Waals surface area contributed by atoms with Crippen molar-refractivity contribution in [1.82, 2.24) is 9.80 Å². The molecular weight excluding hydrogens is 362 g/mol. The number of benzene rings is 1. The van der Waals surface area contributed by atoms with Gasteiger partial charge in [0.25, 0.3) is 0 Å². The highest BCUT2D eigenvalue weighted by atomic mass is 32.1. The number of hydrogen-bond acceptors (Lipinski definition) is 5. The number of thiophene rings is 1. The van der Waals surface area contributed by atoms with Gasteiger partial charge in [-0.2, -0.15) is 0 Å². The summed E-state index contributed by atoms with van der Waals surface area (Å²) in [5.74, 6) is -1.15. The minimum atomic E-state index is -0.928. The lowest BCUT2D eigenvalue weighted by Crippen LogP contribution is -2.37. The number of carbonyl (C=O) groups is 2. The van der Waals surface area contributed by atoms with Crippen LogP contribution in [-0.2, 0) is 4.79 Å². The second-order valence-corrected chi connectivity index (χ2v) is 7.89. The van der Waals surface area contributed by atoms with E-state index in [1.165, 1.54) is 11.3 Å². The number of likely N-dealkylation sites (N-methyl/N-ethyl adjacent to an activating group) is 1. The lowest BCUT2D eigenvalue weighted by Gasteiger charge is -2.41. The number of amides is 1. The van der Waals surface area contributed by atoms with Crippen molar-refractivity contribution >= 4 is 23.2 Å². The average Bonchev–Trinajstić information content (AvgIpc) is 3.31. The first-order valence-electron chi connectivity index (χ1n) is 8.81. The summed E-state index contributed by atoms with van der Waals surface area (Å²) in [5.41, 5.74) is 9.62. The Kier molecular flexibility index (Phi) is 4.49. The van der Waals surface area contributed by atoms with E-state index in [1.54, 1.807) is 23.5 Å². The van der Waals surface area contributed by atoms with Crippen molar-refractivity contribution in [1.29, 1.82) is 0 Å². The van der Waals surface area contributed by atoms with Crippen LogP contribution >= 0.6 is 11.3 Å². The molecule has 4 rings (SSSR count). The lowest BCUT2D eigenvalue weighted by molar-refractivity contribution is -0.131. The Morgan fingerprint density at radius 3 is 2.59 bits per heavy atom. The van der Waals surface area contributed by atoms with Gasteiger partial charge in [0.2, 0.25) is 5.91 Å². The maximum Gasteiger partial charge on any atom is 0.335 e. The SMILES string of the molecule is CN1C2=C(CN(C(=O)C(CN)c3cccs3)C2)C1c1ccc(C(=O)O)cc1. The first-order valence-corrected chi connectivity index (χ1v) is 9.69. The number of aromatic carboxylic acids is 1. The number of carboxylic acids is 1. The van der Waals surface area contributed by atoms with Crippen LogP contribution < -0.4 is 5.73 Å². The van der Waals surface area contributed by atoms with E-state index in [0.29, 0.717) is 19.6 Å². The van der Waals surface area contributed by atoms with E-state index in [2.05, 4.69) is 4.90 Å². The molecule has 7 heteroatoms. The average molecular weight is 383 g/mol. The smallest absolute Gasteiger partial charge is 0.335 e. The Hall–Kier alpha value is -2.64. The van der Waals surface area contributed by atoms with Crippen LogP contribution in [-0.4, -0.2) is 53.5 Å². The summed E-state index contributed by atoms with van der Waals surface area (Å²) in [5, 5.41) is 11.0. The van der Waals surface area contributed by atoms with Crippen molar-refractivity contribution in [2.24, 2.45) is 5.73 Å². The Bertz CT molecular complexity index is 905. The molecule has 2 unspecified atom stereocenters. The number of carboxylic acid groups (broad SMARTS) is 1. The summed E-state index contributed by atoms with van der Waals surface area (Å²) in [6.45, 7) is 1.51. The molecular formula is C20H21N3O3S. The van der Waals surface area contributed by atoms with Gasteiger partial charge < -0.3 is 20.6 Å². The molecule has 0 spiro atoms. The molecule has 27 heavy (non-hydrogen) atoms. The van der Waals surface area contributed by atoms with Gasteiger partial charge in [-0.1, -0.05) is 18.2 Å². The molecule has 2 aliphatic rings. The zero-order valence-corrected chi connectivity index (χ0v) is 15.8. The van der Waals surface area contributed by atoms with Gasteiger partial charge in [0.1, 0.15) is 0 Å². The van der Waals surface area contributed by atoms with Crippen molar-refractivity contribution in [2.45, 2.75) is 12.0 Å². The fourth-order valence-electron chi connectivity index (χ4n) is 3.98. The molecule has 2 atom stereocenters. The van der Waals surface area contributed by atoms with E-state index in [1.807, 2.05) is 41.6 Å². The third-order valence-corrected chi connectivity index (χ3v) is 6.41. The second-order valence-electron chi connectivity index (χ2n) is 6.91. The highest BCUT2D eigenvalue weighted by Crippen LogP contribution is 2.45. The van der Waals surface area contributed by atoms with Crippen LogP contribution in [0.1, 0.15) is 32.8 Å². The fourth-order valence-corrected chi connectivity index (χ4v) is 4.81. The molecule has 0 saturated carbocycles. The van der Waals surface area contributed by atoms with E-state index in [9.17, 15) is 9.59 Å². The summed E-state index contributed by atoms with van der Waals surface area (Å²) in [6, 6.07) is 11.0. The monoisotopic (exact) mass is 383 g/mol. The molecule has 0 aliphatic carbocycles. The number of nitrogens with two attached hydrogens (primary N) is 1. The van der Waals surface area contributed by atoms with Crippen LogP contribution in [0.25, 0.3) is 0 Å². The number of nitrogens with zero attached hydrogens (tertiary/aromatic N) is 2. The topological polar surface area (TPSA) is 86.9 Å². The summed E-state index contributed by atoms with van der Waals surface area (Å²) in [4.78, 5) is 29.1. The first-order chi connectivity index (χ1) is 13.0. The highest BCUT2D eigenvalue weighted by Gasteiger charge is 2.43. The molecule has 140 valence electrons. The highest BCUT2D eigenvalue weighted by molar-refractivity contribution is 7.10. The maximum atomic E-state index is 13.0. The van der Waals surface area contributed by atoms with Crippen LogP contribution in [0.2, 0.25) is 0 Å². The van der Waals surface area contributed by atoms with Crippen molar-refractivity contribution in [3.05, 3.63) is 69.1 Å². The van der Waals surface area contributed by atoms with E-state index >= 15 is 0 Å². The Morgan fingerprint density at radius 1 is 1.26 bits per heavy atom. The summed E-state index contributed by atoms with van der Waals surface area (Å²) in [7, 11) is 2.02. The van der Waals surface area contributed by atoms with Gasteiger partial charge in [-0.3, -0.25) is 4.79 Å². The third kappa shape index (κ3) is 2.93. The van der Waals surface area contributed by atoms with Gasteiger partial charge in [0.05, 0.1) is 24.1 Å². The minimum absolute atomic E-state index is 0.0720. The molecule has 1 aromatic heterocycles. The molecule has 2 aromatic rings. The van der Waals surface area contributed by atoms with Crippen molar-refractivity contribution < 1.29 is 14.7 Å². The zero-order valence-electron chi connectivity index (χ0n) is 15.0. The second kappa shape index (κ2) is 6.83. The van der Waals surface area contributed by atoms with Crippen LogP contribution in [0.5, 0.6) is 0 Å². The molecule has 2 aliphatic heterocycles. The molecule has 0 radical (unpaired) electrons. The quantitative estimate of drug-likeness (QED) is 0.827. The van der Waals surface area contributed by atoms with Gasteiger partial charge in [0, 0.05) is 30.7 Å². The standard InChI is InChI=1S/C20H21N3O3S/c1-22-16-11-23(19(24)14(9-21)17-3-2-8-27-17)10-15(16)18(22)12-4-6-13(7-5-12)20(25)26/h2-8,14,18H,9-11,21H2,1H3,(H,25,26). The molecule has 0 saturated heterocycles. The van der Waals surface area contributed by atoms with Gasteiger partial charge in [-0.15, -0.1) is 11.3 Å². The van der Waals surface area contributed by atoms with E-state index in [4.69, 9.17) is 10.8 Å². The van der Waals surface area contributed by atoms with E-state index in [-0.39, 0.29) is 23.4 Å². The Balaban J connectivity index is 1.50. The van der Waals surface area contributed by atoms with Crippen LogP contribution in [0, 0.1) is 0 Å². The zero-order chi connectivity index (χ0) is 19.1. The van der Waals surface area contributed by atoms with E-state index < -0.39 is 5.97 Å². The number of carbonyl (C=O) groups excluding carboxylic acids is 1. The molecule has 0 fully saturated rings. The predicted octanol–water partition coefficient (Wildman–Crippen LogP) is 2.27. The Labute approximate surface area is 161 Å². The van der Waals surface area contributed by atoms with Crippen LogP contribution in [0.15, 0.2) is 53.0 Å². The van der Waals surface area contributed by atoms with Crippen molar-refractivity contribution in [3.8, 4) is 0 Å². The number of hydrogen-bond donors (Lipinski definition) is 2. The molecule has 1 amide bonds. The molecule has 0 bridgehead atoms. The molecule has 6 nitrogen and oxygen atoms in total. The van der Waals surface area contributed by atoms with Gasteiger partial charge in [-0.05, 0) is 34.7 Å². The maximum absolute atomic E-state index is 13.0. The van der Waals surface area contributed by atoms with Gasteiger partial charge >= 0.3 is 5.97 Å². The fraction of sp³-hybridized carbons (Fsp3) is 0.300. The summed E-state index contributed by atoms with van der Waals surface area (Å²) >= 11 is 1.56. The van der Waals surface area contributed by atoms with E-state index in [0.717, 1.165) is 10.4 Å². The van der Waals surface area contributed by atoms with Crippen molar-refractivity contribution in [2.75, 3.05) is 26.7 Å². The molecule has 3 heterocycles. The first kappa shape index (κ1) is 17.8. The largest absolute Gasteiger partial charge is 0.478 e. The third-order valence-electron chi connectivity index (χ3n) is 5.42. The summed E-state index contributed by atoms with van der Waals surface area (Å²) < 4.78 is 0. The van der Waals surface area contributed by atoms with Crippen molar-refractivity contribution in [3.63, 3.8) is 0 Å². The lowest BCUT2D eigenvalue weighted by atomic mass is 9.89. The van der Waals surface area contributed by atoms with Crippen LogP contribution in [0.3, 0.4) is 0 Å². The predicted molar refractivity (Wildman–Crippen MR) is 104 cm³/mol. The molecule has 3 N–H and O–H groups in total. The van der Waals surface area contributed by atoms with Gasteiger partial charge in [-0.25, -0.2) is 4.79 Å². The molecule has 1 aromatic carbocycles. The normalized spacial score (nSPS) is 19.7. The van der Waals surface area contributed by atoms with Gasteiger partial charge in [0.15, 0.2) is 0 Å². The van der Waals surface area contributed by atoms with Crippen LogP contribution in [0.4, 0.5) is 0 Å².